The molecule has 0 aliphatic carbocycles. The molecule has 0 aliphatic heterocycles. The summed E-state index contributed by atoms with van der Waals surface area (Å²) in [4.78, 5) is 28.2. The molecule has 0 unspecified atom stereocenters. The summed E-state index contributed by atoms with van der Waals surface area (Å²) in [7, 11) is 1.30. The predicted molar refractivity (Wildman–Crippen MR) is 95.2 cm³/mol. The molecule has 0 fully saturated rings. The molecular weight excluding hydrogens is 322 g/mol. The summed E-state index contributed by atoms with van der Waals surface area (Å²) < 4.78 is 12.0. The first-order chi connectivity index (χ1) is 11.8. The maximum absolute atomic E-state index is 12.0. The van der Waals surface area contributed by atoms with E-state index in [9.17, 15) is 9.59 Å². The number of amides is 1. The normalized spacial score (nSPS) is 12.5. The molecule has 0 saturated carbocycles. The SMILES string of the molecule is CCCCCCn1cncc1C[C@H](NC(=O)OC(C)(C)C)C(=O)OC. The van der Waals surface area contributed by atoms with Crippen LogP contribution in [0.1, 0.15) is 59.1 Å². The molecule has 1 aromatic heterocycles. The van der Waals surface area contributed by atoms with Crippen LogP contribution in [0.25, 0.3) is 0 Å². The highest BCUT2D eigenvalue weighted by atomic mass is 16.6. The summed E-state index contributed by atoms with van der Waals surface area (Å²) in [5.74, 6) is -0.510. The summed E-state index contributed by atoms with van der Waals surface area (Å²) in [6.45, 7) is 8.32. The predicted octanol–water partition coefficient (Wildman–Crippen LogP) is 3.07. The number of aromatic nitrogens is 2. The van der Waals surface area contributed by atoms with Crippen LogP contribution >= 0.6 is 0 Å². The van der Waals surface area contributed by atoms with E-state index in [4.69, 9.17) is 9.47 Å². The van der Waals surface area contributed by atoms with Gasteiger partial charge in [-0.25, -0.2) is 14.6 Å². The fourth-order valence-corrected chi connectivity index (χ4v) is 2.42. The lowest BCUT2D eigenvalue weighted by Crippen LogP contribution is -2.45. The molecule has 1 amide bonds. The molecule has 0 aliphatic rings. The zero-order valence-corrected chi connectivity index (χ0v) is 16.0. The van der Waals surface area contributed by atoms with Crippen LogP contribution in [0.15, 0.2) is 12.5 Å². The average molecular weight is 353 g/mol. The second-order valence-corrected chi connectivity index (χ2v) is 7.07. The van der Waals surface area contributed by atoms with Crippen molar-refractivity contribution in [2.24, 2.45) is 0 Å². The van der Waals surface area contributed by atoms with Gasteiger partial charge in [-0.2, -0.15) is 0 Å². The lowest BCUT2D eigenvalue weighted by atomic mass is 10.1. The molecule has 0 aromatic carbocycles. The first kappa shape index (κ1) is 21.0. The Morgan fingerprint density at radius 2 is 2.00 bits per heavy atom. The topological polar surface area (TPSA) is 82.5 Å². The quantitative estimate of drug-likeness (QED) is 0.545. The Balaban J connectivity index is 2.71. The van der Waals surface area contributed by atoms with Gasteiger partial charge in [0.05, 0.1) is 13.4 Å². The Labute approximate surface area is 150 Å². The number of nitrogens with one attached hydrogen (secondary N) is 1. The number of ether oxygens (including phenoxy) is 2. The molecule has 1 rings (SSSR count). The number of carbonyl (C=O) groups excluding carboxylic acids is 2. The van der Waals surface area contributed by atoms with Gasteiger partial charge in [0, 0.05) is 24.9 Å². The molecule has 0 radical (unpaired) electrons. The highest BCUT2D eigenvalue weighted by Crippen LogP contribution is 2.10. The van der Waals surface area contributed by atoms with Crippen molar-refractivity contribution in [2.45, 2.75) is 78.0 Å². The number of unbranched alkanes of at least 4 members (excludes halogenated alkanes) is 3. The monoisotopic (exact) mass is 353 g/mol. The van der Waals surface area contributed by atoms with Crippen molar-refractivity contribution in [1.82, 2.24) is 14.9 Å². The Kier molecular flexibility index (Phi) is 8.45. The van der Waals surface area contributed by atoms with Crippen molar-refractivity contribution >= 4 is 12.1 Å². The fraction of sp³-hybridized carbons (Fsp3) is 0.722. The van der Waals surface area contributed by atoms with E-state index in [2.05, 4.69) is 17.2 Å². The van der Waals surface area contributed by atoms with Gasteiger partial charge in [0.2, 0.25) is 0 Å². The van der Waals surface area contributed by atoms with Crippen molar-refractivity contribution in [2.75, 3.05) is 7.11 Å². The lowest BCUT2D eigenvalue weighted by Gasteiger charge is -2.22. The van der Waals surface area contributed by atoms with Gasteiger partial charge in [-0.05, 0) is 27.2 Å². The van der Waals surface area contributed by atoms with Crippen LogP contribution in [0.2, 0.25) is 0 Å². The van der Waals surface area contributed by atoms with Crippen molar-refractivity contribution < 1.29 is 19.1 Å². The number of hydrogen-bond acceptors (Lipinski definition) is 5. The number of hydrogen-bond donors (Lipinski definition) is 1. The Bertz CT molecular complexity index is 549. The molecular formula is C18H31N3O4. The Morgan fingerprint density at radius 3 is 2.60 bits per heavy atom. The Morgan fingerprint density at radius 1 is 1.28 bits per heavy atom. The van der Waals surface area contributed by atoms with Crippen LogP contribution in [-0.4, -0.2) is 40.4 Å². The molecule has 1 aromatic rings. The molecule has 0 bridgehead atoms. The van der Waals surface area contributed by atoms with Gasteiger partial charge in [-0.15, -0.1) is 0 Å². The fourth-order valence-electron chi connectivity index (χ4n) is 2.42. The van der Waals surface area contributed by atoms with E-state index in [-0.39, 0.29) is 0 Å². The van der Waals surface area contributed by atoms with Crippen LogP contribution in [-0.2, 0) is 27.2 Å². The first-order valence-electron chi connectivity index (χ1n) is 8.83. The smallest absolute Gasteiger partial charge is 0.408 e. The minimum Gasteiger partial charge on any atom is -0.467 e. The standard InChI is InChI=1S/C18H31N3O4/c1-6-7-8-9-10-21-13-19-12-14(21)11-15(16(22)24-5)20-17(23)25-18(2,3)4/h12-13,15H,6-11H2,1-5H3,(H,20,23)/t15-/m0/s1. The zero-order valence-electron chi connectivity index (χ0n) is 16.0. The minimum absolute atomic E-state index is 0.305. The maximum Gasteiger partial charge on any atom is 0.408 e. The zero-order chi connectivity index (χ0) is 18.9. The third kappa shape index (κ3) is 8.05. The number of rotatable bonds is 9. The van der Waals surface area contributed by atoms with Gasteiger partial charge in [-0.3, -0.25) is 0 Å². The van der Waals surface area contributed by atoms with E-state index in [0.29, 0.717) is 6.42 Å². The number of carbonyl (C=O) groups is 2. The van der Waals surface area contributed by atoms with Gasteiger partial charge >= 0.3 is 12.1 Å². The summed E-state index contributed by atoms with van der Waals surface area (Å²) in [6, 6.07) is -0.814. The molecule has 0 saturated heterocycles. The van der Waals surface area contributed by atoms with Crippen molar-refractivity contribution in [3.05, 3.63) is 18.2 Å². The highest BCUT2D eigenvalue weighted by molar-refractivity contribution is 5.81. The molecule has 7 nitrogen and oxygen atoms in total. The molecule has 0 spiro atoms. The molecule has 25 heavy (non-hydrogen) atoms. The average Bonchev–Trinajstić information content (AvgIpc) is 2.95. The number of nitrogens with zero attached hydrogens (tertiary/aromatic N) is 2. The highest BCUT2D eigenvalue weighted by Gasteiger charge is 2.26. The Hall–Kier alpha value is -2.05. The van der Waals surface area contributed by atoms with Crippen LogP contribution < -0.4 is 5.32 Å². The van der Waals surface area contributed by atoms with E-state index >= 15 is 0 Å². The van der Waals surface area contributed by atoms with Crippen LogP contribution in [0.5, 0.6) is 0 Å². The minimum atomic E-state index is -0.814. The molecule has 1 N–H and O–H groups in total. The molecule has 1 atom stereocenters. The van der Waals surface area contributed by atoms with Crippen LogP contribution in [0, 0.1) is 0 Å². The van der Waals surface area contributed by atoms with E-state index < -0.39 is 23.7 Å². The van der Waals surface area contributed by atoms with Gasteiger partial charge in [0.15, 0.2) is 0 Å². The second kappa shape index (κ2) is 10.1. The number of aryl methyl sites for hydroxylation is 1. The number of alkyl carbamates (subject to hydrolysis) is 1. The van der Waals surface area contributed by atoms with Crippen molar-refractivity contribution in [1.29, 1.82) is 0 Å². The maximum atomic E-state index is 12.0. The lowest BCUT2D eigenvalue weighted by molar-refractivity contribution is -0.143. The summed E-state index contributed by atoms with van der Waals surface area (Å²) in [5, 5.41) is 2.59. The second-order valence-electron chi connectivity index (χ2n) is 7.07. The van der Waals surface area contributed by atoms with Crippen molar-refractivity contribution in [3.63, 3.8) is 0 Å². The largest absolute Gasteiger partial charge is 0.467 e. The summed E-state index contributed by atoms with van der Waals surface area (Å²) in [6.07, 6.45) is 7.73. The van der Waals surface area contributed by atoms with Crippen LogP contribution in [0.3, 0.4) is 0 Å². The van der Waals surface area contributed by atoms with Gasteiger partial charge < -0.3 is 19.4 Å². The van der Waals surface area contributed by atoms with Crippen molar-refractivity contribution in [3.8, 4) is 0 Å². The number of imidazole rings is 1. The van der Waals surface area contributed by atoms with E-state index in [1.807, 2.05) is 4.57 Å². The first-order valence-corrected chi connectivity index (χ1v) is 8.83. The van der Waals surface area contributed by atoms with E-state index in [1.54, 1.807) is 33.3 Å². The van der Waals surface area contributed by atoms with E-state index in [1.165, 1.54) is 20.0 Å². The molecule has 142 valence electrons. The number of methoxy groups -OCH3 is 1. The number of esters is 1. The van der Waals surface area contributed by atoms with Gasteiger partial charge in [0.1, 0.15) is 11.6 Å². The van der Waals surface area contributed by atoms with Crippen LogP contribution in [0.4, 0.5) is 4.79 Å². The third-order valence-electron chi connectivity index (χ3n) is 3.64. The van der Waals surface area contributed by atoms with Gasteiger partial charge in [-0.1, -0.05) is 26.2 Å². The summed E-state index contributed by atoms with van der Waals surface area (Å²) in [5.41, 5.74) is 0.245. The summed E-state index contributed by atoms with van der Waals surface area (Å²) >= 11 is 0. The third-order valence-corrected chi connectivity index (χ3v) is 3.64. The van der Waals surface area contributed by atoms with Gasteiger partial charge in [0.25, 0.3) is 0 Å². The molecule has 1 heterocycles. The molecule has 7 heteroatoms. The van der Waals surface area contributed by atoms with E-state index in [0.717, 1.165) is 25.1 Å².